The summed E-state index contributed by atoms with van der Waals surface area (Å²) in [5.74, 6) is -2.96. The van der Waals surface area contributed by atoms with Crippen molar-refractivity contribution in [1.82, 2.24) is 15.5 Å². The summed E-state index contributed by atoms with van der Waals surface area (Å²) < 4.78 is 21.3. The molecule has 13 heteroatoms. The SMILES string of the molecule is CC(C)(C)OC(=O)NC[C@H](NC(=O)C1(F)CCN(C(=O)C=Cc2cc3ccsc3c(Cl)c2Cl)CC1)C(=O)O. The van der Waals surface area contributed by atoms with E-state index in [0.29, 0.717) is 15.6 Å². The van der Waals surface area contributed by atoms with Gasteiger partial charge >= 0.3 is 12.1 Å². The van der Waals surface area contributed by atoms with Gasteiger partial charge in [-0.1, -0.05) is 23.2 Å². The van der Waals surface area contributed by atoms with Crippen molar-refractivity contribution in [3.63, 3.8) is 0 Å². The molecule has 0 saturated carbocycles. The van der Waals surface area contributed by atoms with Crippen molar-refractivity contribution in [2.45, 2.75) is 50.9 Å². The van der Waals surface area contributed by atoms with E-state index in [1.54, 1.807) is 20.8 Å². The molecule has 0 spiro atoms. The van der Waals surface area contributed by atoms with Crippen molar-refractivity contribution in [2.24, 2.45) is 0 Å². The third-order valence-electron chi connectivity index (χ3n) is 5.79. The van der Waals surface area contributed by atoms with E-state index in [2.05, 4.69) is 10.6 Å². The lowest BCUT2D eigenvalue weighted by molar-refractivity contribution is -0.146. The van der Waals surface area contributed by atoms with Crippen molar-refractivity contribution >= 4 is 74.6 Å². The van der Waals surface area contributed by atoms with Crippen LogP contribution < -0.4 is 10.6 Å². The van der Waals surface area contributed by atoms with E-state index in [1.807, 2.05) is 17.5 Å². The number of nitrogens with one attached hydrogen (secondary N) is 2. The number of hydrogen-bond acceptors (Lipinski definition) is 6. The molecule has 0 unspecified atom stereocenters. The number of halogens is 3. The Morgan fingerprint density at radius 2 is 1.89 bits per heavy atom. The van der Waals surface area contributed by atoms with Gasteiger partial charge in [0, 0.05) is 32.0 Å². The number of carbonyl (C=O) groups excluding carboxylic acids is 3. The summed E-state index contributed by atoms with van der Waals surface area (Å²) >= 11 is 14.1. The smallest absolute Gasteiger partial charge is 0.407 e. The highest BCUT2D eigenvalue weighted by Gasteiger charge is 2.43. The summed E-state index contributed by atoms with van der Waals surface area (Å²) in [6.07, 6.45) is 1.33. The molecule has 1 aromatic carbocycles. The molecule has 3 rings (SSSR count). The predicted molar refractivity (Wildman–Crippen MR) is 144 cm³/mol. The van der Waals surface area contributed by atoms with Crippen LogP contribution in [0.4, 0.5) is 9.18 Å². The van der Waals surface area contributed by atoms with Crippen LogP contribution in [0.15, 0.2) is 23.6 Å². The Balaban J connectivity index is 1.56. The van der Waals surface area contributed by atoms with Gasteiger partial charge < -0.3 is 25.4 Å². The number of alkyl carbamates (subject to hydrolysis) is 1. The molecule has 0 aliphatic carbocycles. The molecule has 1 saturated heterocycles. The molecule has 1 atom stereocenters. The van der Waals surface area contributed by atoms with Crippen LogP contribution in [0.2, 0.25) is 10.0 Å². The number of thiophene rings is 1. The highest BCUT2D eigenvalue weighted by Crippen LogP contribution is 2.37. The van der Waals surface area contributed by atoms with Crippen molar-refractivity contribution in [2.75, 3.05) is 19.6 Å². The van der Waals surface area contributed by atoms with Gasteiger partial charge in [0.05, 0.1) is 21.3 Å². The van der Waals surface area contributed by atoms with Crippen molar-refractivity contribution in [1.29, 1.82) is 0 Å². The second-order valence-electron chi connectivity index (χ2n) is 9.80. The molecular weight excluding hydrogens is 560 g/mol. The summed E-state index contributed by atoms with van der Waals surface area (Å²) in [6, 6.07) is 2.14. The number of amides is 3. The van der Waals surface area contributed by atoms with Gasteiger partial charge in [-0.25, -0.2) is 14.0 Å². The topological polar surface area (TPSA) is 125 Å². The van der Waals surface area contributed by atoms with Gasteiger partial charge in [-0.05, 0) is 55.3 Å². The summed E-state index contributed by atoms with van der Waals surface area (Å²) in [7, 11) is 0. The second-order valence-corrected chi connectivity index (χ2v) is 11.5. The number of nitrogens with zero attached hydrogens (tertiary/aromatic N) is 1. The van der Waals surface area contributed by atoms with Crippen LogP contribution in [0.25, 0.3) is 16.2 Å². The lowest BCUT2D eigenvalue weighted by Crippen LogP contribution is -2.57. The fraction of sp³-hybridized carbons (Fsp3) is 0.440. The average Bonchev–Trinajstić information content (AvgIpc) is 3.30. The van der Waals surface area contributed by atoms with E-state index in [0.717, 1.165) is 10.1 Å². The Labute approximate surface area is 232 Å². The molecular formula is C25H28Cl2FN3O6S. The highest BCUT2D eigenvalue weighted by atomic mass is 35.5. The molecule has 1 fully saturated rings. The Morgan fingerprint density at radius 3 is 2.50 bits per heavy atom. The van der Waals surface area contributed by atoms with Gasteiger partial charge in [-0.2, -0.15) is 0 Å². The zero-order chi connectivity index (χ0) is 28.3. The van der Waals surface area contributed by atoms with Gasteiger partial charge in [-0.3, -0.25) is 9.59 Å². The van der Waals surface area contributed by atoms with Crippen LogP contribution in [0.3, 0.4) is 0 Å². The standard InChI is InChI=1S/C25H28Cl2FN3O6S/c1-24(2,3)37-23(36)29-13-16(21(33)34)30-22(35)25(28)7-9-31(10-8-25)17(32)5-4-14-12-15-6-11-38-20(15)19(27)18(14)26/h4-6,11-12,16H,7-10,13H2,1-3H3,(H,29,36)(H,30,35)(H,33,34)/t16-/m0/s1. The molecule has 1 aliphatic rings. The number of benzene rings is 1. The van der Waals surface area contributed by atoms with Crippen LogP contribution in [0, 0.1) is 0 Å². The fourth-order valence-corrected chi connectivity index (χ4v) is 5.19. The Kier molecular flexibility index (Phi) is 9.27. The number of carbonyl (C=O) groups is 4. The number of fused-ring (bicyclic) bond motifs is 1. The first-order valence-corrected chi connectivity index (χ1v) is 13.4. The van der Waals surface area contributed by atoms with Crippen molar-refractivity contribution in [3.8, 4) is 0 Å². The molecule has 2 heterocycles. The maximum Gasteiger partial charge on any atom is 0.407 e. The molecule has 0 bridgehead atoms. The number of ether oxygens (including phenoxy) is 1. The third-order valence-corrected chi connectivity index (χ3v) is 7.73. The number of piperidine rings is 1. The molecule has 2 aromatic rings. The van der Waals surface area contributed by atoms with E-state index in [9.17, 15) is 24.3 Å². The summed E-state index contributed by atoms with van der Waals surface area (Å²) in [5.41, 5.74) is -2.61. The number of likely N-dealkylation sites (tertiary alicyclic amines) is 1. The molecule has 38 heavy (non-hydrogen) atoms. The van der Waals surface area contributed by atoms with Crippen LogP contribution in [0.5, 0.6) is 0 Å². The van der Waals surface area contributed by atoms with Crippen molar-refractivity contribution in [3.05, 3.63) is 39.2 Å². The molecule has 1 aliphatic heterocycles. The molecule has 9 nitrogen and oxygen atoms in total. The molecule has 3 N–H and O–H groups in total. The number of carboxylic acid groups (broad SMARTS) is 1. The highest BCUT2D eigenvalue weighted by molar-refractivity contribution is 7.18. The first-order valence-electron chi connectivity index (χ1n) is 11.7. The monoisotopic (exact) mass is 587 g/mol. The minimum absolute atomic E-state index is 0.0565. The lowest BCUT2D eigenvalue weighted by atomic mass is 9.92. The van der Waals surface area contributed by atoms with Crippen molar-refractivity contribution < 1.29 is 33.4 Å². The molecule has 206 valence electrons. The minimum Gasteiger partial charge on any atom is -0.480 e. The molecule has 0 radical (unpaired) electrons. The van der Waals surface area contributed by atoms with E-state index >= 15 is 4.39 Å². The largest absolute Gasteiger partial charge is 0.480 e. The van der Waals surface area contributed by atoms with Gasteiger partial charge in [-0.15, -0.1) is 11.3 Å². The molecule has 1 aromatic heterocycles. The number of carboxylic acids is 1. The quantitative estimate of drug-likeness (QED) is 0.405. The van der Waals surface area contributed by atoms with E-state index in [1.165, 1.54) is 28.4 Å². The van der Waals surface area contributed by atoms with Gasteiger partial charge in [0.25, 0.3) is 5.91 Å². The van der Waals surface area contributed by atoms with Gasteiger partial charge in [0.1, 0.15) is 11.6 Å². The van der Waals surface area contributed by atoms with Gasteiger partial charge in [0.15, 0.2) is 5.67 Å². The number of rotatable bonds is 7. The first kappa shape index (κ1) is 29.7. The van der Waals surface area contributed by atoms with Crippen LogP contribution in [-0.4, -0.2) is 70.8 Å². The Morgan fingerprint density at radius 1 is 1.24 bits per heavy atom. The van der Waals surface area contributed by atoms with Gasteiger partial charge in [0.2, 0.25) is 5.91 Å². The summed E-state index contributed by atoms with van der Waals surface area (Å²) in [6.45, 7) is 4.30. The van der Waals surface area contributed by atoms with Crippen LogP contribution >= 0.6 is 34.5 Å². The van der Waals surface area contributed by atoms with E-state index in [-0.39, 0.29) is 25.9 Å². The van der Waals surface area contributed by atoms with E-state index in [4.69, 9.17) is 27.9 Å². The Hall–Kier alpha value is -2.89. The summed E-state index contributed by atoms with van der Waals surface area (Å²) in [4.78, 5) is 50.0. The summed E-state index contributed by atoms with van der Waals surface area (Å²) in [5, 5.41) is 17.3. The molecule has 3 amide bonds. The number of aliphatic carboxylic acids is 1. The number of alkyl halides is 1. The predicted octanol–water partition coefficient (Wildman–Crippen LogP) is 4.65. The number of hydrogen-bond donors (Lipinski definition) is 3. The maximum absolute atomic E-state index is 15.4. The first-order chi connectivity index (χ1) is 17.7. The minimum atomic E-state index is -2.37. The third kappa shape index (κ3) is 7.36. The van der Waals surface area contributed by atoms with Crippen LogP contribution in [0.1, 0.15) is 39.2 Å². The zero-order valence-electron chi connectivity index (χ0n) is 21.0. The fourth-order valence-electron chi connectivity index (χ4n) is 3.75. The lowest BCUT2D eigenvalue weighted by Gasteiger charge is -2.35. The Bertz CT molecular complexity index is 1270. The second kappa shape index (κ2) is 11.9. The van der Waals surface area contributed by atoms with Crippen LogP contribution in [-0.2, 0) is 19.1 Å². The maximum atomic E-state index is 15.4. The van der Waals surface area contributed by atoms with E-state index < -0.39 is 47.7 Å². The average molecular weight is 588 g/mol. The zero-order valence-corrected chi connectivity index (χ0v) is 23.3. The normalized spacial score (nSPS) is 16.3.